The van der Waals surface area contributed by atoms with Gasteiger partial charge < -0.3 is 34.2 Å². The summed E-state index contributed by atoms with van der Waals surface area (Å²) >= 11 is 0. The summed E-state index contributed by atoms with van der Waals surface area (Å²) in [6, 6.07) is 0. The number of esters is 3. The van der Waals surface area contributed by atoms with Crippen molar-refractivity contribution >= 4 is 33.6 Å². The summed E-state index contributed by atoms with van der Waals surface area (Å²) < 4.78 is 60.7. The second kappa shape index (κ2) is 61.9. The Bertz CT molecular complexity index is 2120. The maximum atomic E-state index is 12.9. The summed E-state index contributed by atoms with van der Waals surface area (Å²) in [6.45, 7) is 2.27. The molecule has 0 fully saturated rings. The van der Waals surface area contributed by atoms with Crippen LogP contribution in [-0.4, -0.2) is 95.9 Å². The van der Waals surface area contributed by atoms with Crippen LogP contribution in [0, 0.1) is 0 Å². The molecule has 496 valence electrons. The van der Waals surface area contributed by atoms with Gasteiger partial charge in [-0.15, -0.1) is 0 Å². The van der Waals surface area contributed by atoms with E-state index < -0.39 is 91.5 Å². The average Bonchev–Trinajstić information content (AvgIpc) is 3.63. The van der Waals surface area contributed by atoms with Crippen molar-refractivity contribution in [3.05, 3.63) is 134 Å². The van der Waals surface area contributed by atoms with E-state index in [9.17, 15) is 43.5 Å². The van der Waals surface area contributed by atoms with Crippen molar-refractivity contribution in [1.29, 1.82) is 0 Å². The third kappa shape index (κ3) is 63.1. The Labute approximate surface area is 525 Å². The van der Waals surface area contributed by atoms with Crippen LogP contribution < -0.4 is 0 Å². The Hall–Kier alpha value is -4.31. The summed E-state index contributed by atoms with van der Waals surface area (Å²) in [5.74, 6) is -1.65. The van der Waals surface area contributed by atoms with Gasteiger partial charge in [-0.3, -0.25) is 32.5 Å². The van der Waals surface area contributed by atoms with Crippen molar-refractivity contribution < 1.29 is 75.8 Å². The average molecular weight is 1260 g/mol. The van der Waals surface area contributed by atoms with Gasteiger partial charge in [-0.25, -0.2) is 9.13 Å². The highest BCUT2D eigenvalue weighted by Crippen LogP contribution is 2.45. The van der Waals surface area contributed by atoms with Crippen molar-refractivity contribution in [2.75, 3.05) is 39.6 Å². The summed E-state index contributed by atoms with van der Waals surface area (Å²) in [6.07, 6.45) is 70.8. The number of rotatable bonds is 60. The minimum Gasteiger partial charge on any atom is -0.463 e. The quantitative estimate of drug-likeness (QED) is 0.0146. The van der Waals surface area contributed by atoms with E-state index in [1.165, 1.54) is 0 Å². The van der Waals surface area contributed by atoms with Gasteiger partial charge >= 0.3 is 33.6 Å². The Kier molecular flexibility index (Phi) is 58.8. The van der Waals surface area contributed by atoms with Gasteiger partial charge in [0, 0.05) is 19.3 Å². The molecule has 4 N–H and O–H groups in total. The van der Waals surface area contributed by atoms with E-state index in [-0.39, 0.29) is 19.3 Å². The van der Waals surface area contributed by atoms with E-state index in [1.807, 2.05) is 0 Å². The lowest BCUT2D eigenvalue weighted by molar-refractivity contribution is -0.161. The molecule has 0 aliphatic rings. The van der Waals surface area contributed by atoms with E-state index in [0.717, 1.165) is 167 Å². The van der Waals surface area contributed by atoms with Crippen molar-refractivity contribution in [2.45, 2.75) is 245 Å². The molecule has 18 heteroatoms. The first-order chi connectivity index (χ1) is 42.2. The molecule has 5 unspecified atom stereocenters. The molecule has 0 saturated carbocycles. The Balaban J connectivity index is 4.64. The van der Waals surface area contributed by atoms with E-state index in [4.69, 9.17) is 32.3 Å². The predicted molar refractivity (Wildman–Crippen MR) is 353 cm³/mol. The lowest BCUT2D eigenvalue weighted by atomic mass is 10.1. The van der Waals surface area contributed by atoms with Crippen LogP contribution in [0.3, 0.4) is 0 Å². The van der Waals surface area contributed by atoms with Gasteiger partial charge in [0.25, 0.3) is 0 Å². The standard InChI is InChI=1S/C69H114O16P2/c1-4-7-10-13-16-19-22-25-27-28-29-30-31-32-33-34-36-39-40-43-46-49-52-55-67(72)79-58-64(70)59-81-86(75,76)82-60-65(71)61-83-87(77,78)84-63-66(85-69(74)57-54-51-48-45-42-37-24-21-18-15-12-9-6-3)62-80-68(73)56-53-50-47-44-41-38-35-26-23-20-17-14-11-8-5-2/h7-8,10-12,15-17,19-21,24-27,29-30,32-33,35-36,39,64-66,70-71H,4-6,9,13-14,18,22-23,28,31,34,37-38,40-63H2,1-3H3,(H,75,76)(H,77,78)/b10-7-,11-8-,15-12-,19-16-,20-17-,24-21-,27-25-,30-29-,33-32-,35-26-,39-36-. The minimum absolute atomic E-state index is 0.0800. The Morgan fingerprint density at radius 3 is 0.966 bits per heavy atom. The number of ether oxygens (including phenoxy) is 3. The molecule has 87 heavy (non-hydrogen) atoms. The molecule has 0 aliphatic heterocycles. The highest BCUT2D eigenvalue weighted by Gasteiger charge is 2.29. The molecule has 0 amide bonds. The van der Waals surface area contributed by atoms with Gasteiger partial charge in [-0.05, 0) is 128 Å². The highest BCUT2D eigenvalue weighted by molar-refractivity contribution is 7.47. The largest absolute Gasteiger partial charge is 0.472 e. The van der Waals surface area contributed by atoms with Crippen LogP contribution in [0.4, 0.5) is 0 Å². The number of hydrogen-bond donors (Lipinski definition) is 4. The molecular weight excluding hydrogens is 1150 g/mol. The number of aliphatic hydroxyl groups is 2. The molecule has 0 heterocycles. The minimum atomic E-state index is -4.93. The molecule has 0 saturated heterocycles. The molecule has 0 rings (SSSR count). The zero-order chi connectivity index (χ0) is 63.8. The molecule has 5 atom stereocenters. The smallest absolute Gasteiger partial charge is 0.463 e. The number of carbonyl (C=O) groups is 3. The molecule has 0 aromatic rings. The van der Waals surface area contributed by atoms with Crippen LogP contribution in [0.5, 0.6) is 0 Å². The summed E-state index contributed by atoms with van der Waals surface area (Å²) in [5, 5.41) is 20.5. The molecule has 16 nitrogen and oxygen atoms in total. The monoisotopic (exact) mass is 1260 g/mol. The number of phosphoric acid groups is 2. The van der Waals surface area contributed by atoms with Gasteiger partial charge in [0.15, 0.2) is 6.10 Å². The zero-order valence-electron chi connectivity index (χ0n) is 53.4. The fourth-order valence-electron chi connectivity index (χ4n) is 7.92. The topological polar surface area (TPSA) is 231 Å². The number of hydrogen-bond acceptors (Lipinski definition) is 14. The first-order valence-electron chi connectivity index (χ1n) is 32.5. The maximum absolute atomic E-state index is 12.9. The van der Waals surface area contributed by atoms with Crippen molar-refractivity contribution in [3.63, 3.8) is 0 Å². The Morgan fingerprint density at radius 1 is 0.333 bits per heavy atom. The predicted octanol–water partition coefficient (Wildman–Crippen LogP) is 17.6. The lowest BCUT2D eigenvalue weighted by Gasteiger charge is -2.21. The van der Waals surface area contributed by atoms with Gasteiger partial charge in [0.05, 0.1) is 26.4 Å². The van der Waals surface area contributed by atoms with Crippen LogP contribution in [0.15, 0.2) is 134 Å². The van der Waals surface area contributed by atoms with Gasteiger partial charge in [0.1, 0.15) is 25.4 Å². The van der Waals surface area contributed by atoms with E-state index in [2.05, 4.69) is 154 Å². The first kappa shape index (κ1) is 82.7. The van der Waals surface area contributed by atoms with Crippen molar-refractivity contribution in [1.82, 2.24) is 0 Å². The van der Waals surface area contributed by atoms with E-state index in [0.29, 0.717) is 19.3 Å². The number of phosphoric ester groups is 2. The van der Waals surface area contributed by atoms with Gasteiger partial charge in [-0.1, -0.05) is 212 Å². The van der Waals surface area contributed by atoms with Crippen LogP contribution in [0.2, 0.25) is 0 Å². The highest BCUT2D eigenvalue weighted by atomic mass is 31.2. The number of aliphatic hydroxyl groups excluding tert-OH is 2. The van der Waals surface area contributed by atoms with Gasteiger partial charge in [0.2, 0.25) is 0 Å². The summed E-state index contributed by atoms with van der Waals surface area (Å²) in [4.78, 5) is 58.2. The van der Waals surface area contributed by atoms with E-state index in [1.54, 1.807) is 0 Å². The zero-order valence-corrected chi connectivity index (χ0v) is 55.2. The molecular formula is C69H114O16P2. The maximum Gasteiger partial charge on any atom is 0.472 e. The summed E-state index contributed by atoms with van der Waals surface area (Å²) in [7, 11) is -9.79. The third-order valence-corrected chi connectivity index (χ3v) is 14.7. The van der Waals surface area contributed by atoms with Crippen molar-refractivity contribution in [3.8, 4) is 0 Å². The molecule has 0 aromatic carbocycles. The van der Waals surface area contributed by atoms with Crippen LogP contribution >= 0.6 is 15.6 Å². The molecule has 0 bridgehead atoms. The molecule has 0 aromatic heterocycles. The normalized spacial score (nSPS) is 15.2. The van der Waals surface area contributed by atoms with Crippen LogP contribution in [-0.2, 0) is 55.8 Å². The van der Waals surface area contributed by atoms with Gasteiger partial charge in [-0.2, -0.15) is 0 Å². The summed E-state index contributed by atoms with van der Waals surface area (Å²) in [5.41, 5.74) is 0. The van der Waals surface area contributed by atoms with Crippen LogP contribution in [0.25, 0.3) is 0 Å². The van der Waals surface area contributed by atoms with Crippen molar-refractivity contribution in [2.24, 2.45) is 0 Å². The number of carbonyl (C=O) groups excluding carboxylic acids is 3. The van der Waals surface area contributed by atoms with E-state index >= 15 is 0 Å². The SMILES string of the molecule is CC/C=C\C/C=C\C/C=C\C/C=C\C/C=C\C/C=C\CCCCCCC(=O)OCC(O)COP(=O)(O)OCC(O)COP(=O)(O)OCC(COC(=O)CCCCCCC/C=C\C/C=C\C/C=C\CC)OC(=O)CCCCCCC/C=C\C/C=C\CCC. The fraction of sp³-hybridized carbons (Fsp3) is 0.638. The number of allylic oxidation sites excluding steroid dienone is 22. The lowest BCUT2D eigenvalue weighted by Crippen LogP contribution is -2.30. The second-order valence-electron chi connectivity index (χ2n) is 21.1. The number of unbranched alkanes of at least 4 members (excludes halogenated alkanes) is 15. The Morgan fingerprint density at radius 2 is 0.609 bits per heavy atom. The first-order valence-corrected chi connectivity index (χ1v) is 35.5. The molecule has 0 aliphatic carbocycles. The van der Waals surface area contributed by atoms with Crippen LogP contribution in [0.1, 0.15) is 226 Å². The fourth-order valence-corrected chi connectivity index (χ4v) is 9.50. The molecule has 0 radical (unpaired) electrons. The second-order valence-corrected chi connectivity index (χ2v) is 24.1. The third-order valence-electron chi connectivity index (χ3n) is 12.8. The molecule has 0 spiro atoms.